The molecule has 1 aromatic carbocycles. The van der Waals surface area contributed by atoms with E-state index >= 15 is 0 Å². The van der Waals surface area contributed by atoms with E-state index in [4.69, 9.17) is 5.11 Å². The van der Waals surface area contributed by atoms with Crippen LogP contribution in [0, 0.1) is 11.6 Å². The molecule has 2 aromatic rings. The van der Waals surface area contributed by atoms with Crippen LogP contribution in [0.2, 0.25) is 0 Å². The Hall–Kier alpha value is -2.28. The topological polar surface area (TPSA) is 58.4 Å². The number of halogens is 2. The zero-order chi connectivity index (χ0) is 17.8. The summed E-state index contributed by atoms with van der Waals surface area (Å²) < 4.78 is 28.7. The second-order valence-corrected chi connectivity index (χ2v) is 6.27. The first-order valence-corrected chi connectivity index (χ1v) is 8.42. The number of likely N-dealkylation sites (tertiary alicyclic amines) is 1. The number of rotatable bonds is 5. The summed E-state index contributed by atoms with van der Waals surface area (Å²) in [7, 11) is 0. The number of hydrogen-bond acceptors (Lipinski definition) is 3. The van der Waals surface area contributed by atoms with Crippen LogP contribution in [0.25, 0.3) is 0 Å². The maximum Gasteiger partial charge on any atom is 0.227 e. The highest BCUT2D eigenvalue weighted by atomic mass is 19.1. The second-order valence-electron chi connectivity index (χ2n) is 6.27. The van der Waals surface area contributed by atoms with Crippen LogP contribution in [0.5, 0.6) is 0 Å². The van der Waals surface area contributed by atoms with Crippen LogP contribution in [0.4, 0.5) is 8.78 Å². The van der Waals surface area contributed by atoms with Crippen molar-refractivity contribution in [3.05, 3.63) is 53.4 Å². The minimum absolute atomic E-state index is 0.0329. The van der Waals surface area contributed by atoms with Crippen LogP contribution in [-0.4, -0.2) is 45.4 Å². The van der Waals surface area contributed by atoms with Gasteiger partial charge >= 0.3 is 0 Å². The first-order valence-electron chi connectivity index (χ1n) is 8.42. The van der Waals surface area contributed by atoms with Crippen molar-refractivity contribution in [1.29, 1.82) is 0 Å². The number of aliphatic hydroxyl groups is 1. The Bertz CT molecular complexity index is 740. The zero-order valence-corrected chi connectivity index (χ0v) is 13.9. The number of benzene rings is 1. The van der Waals surface area contributed by atoms with E-state index in [-0.39, 0.29) is 30.4 Å². The number of aliphatic hydroxyl groups excluding tert-OH is 1. The molecule has 1 saturated heterocycles. The van der Waals surface area contributed by atoms with Gasteiger partial charge in [0.05, 0.1) is 19.6 Å². The van der Waals surface area contributed by atoms with Crippen molar-refractivity contribution >= 4 is 5.91 Å². The second kappa shape index (κ2) is 7.74. The molecule has 1 aliphatic rings. The summed E-state index contributed by atoms with van der Waals surface area (Å²) in [6.07, 6.45) is 3.16. The molecule has 25 heavy (non-hydrogen) atoms. The predicted molar refractivity (Wildman–Crippen MR) is 87.9 cm³/mol. The summed E-state index contributed by atoms with van der Waals surface area (Å²) in [5.74, 6) is -1.01. The Morgan fingerprint density at radius 2 is 2.00 bits per heavy atom. The summed E-state index contributed by atoms with van der Waals surface area (Å²) >= 11 is 0. The third-order valence-corrected chi connectivity index (χ3v) is 4.68. The Balaban J connectivity index is 1.59. The molecular formula is C18H21F2N3O2. The number of nitrogens with zero attached hydrogens (tertiary/aromatic N) is 3. The highest BCUT2D eigenvalue weighted by molar-refractivity contribution is 5.79. The summed E-state index contributed by atoms with van der Waals surface area (Å²) in [6, 6.07) is 5.12. The maximum atomic E-state index is 13.7. The SMILES string of the molecule is O=C(Cc1cc(F)ccc1F)N1CCC(c2ccnn2CCO)CC1. The summed E-state index contributed by atoms with van der Waals surface area (Å²) in [5.41, 5.74) is 1.16. The number of piperidine rings is 1. The quantitative estimate of drug-likeness (QED) is 0.899. The molecule has 0 unspecified atom stereocenters. The predicted octanol–water partition coefficient (Wildman–Crippen LogP) is 2.10. The molecular weight excluding hydrogens is 328 g/mol. The molecule has 0 bridgehead atoms. The van der Waals surface area contributed by atoms with Crippen molar-refractivity contribution in [3.8, 4) is 0 Å². The molecule has 1 amide bonds. The lowest BCUT2D eigenvalue weighted by Crippen LogP contribution is -2.39. The molecule has 3 rings (SSSR count). The molecule has 1 N–H and O–H groups in total. The molecule has 134 valence electrons. The average molecular weight is 349 g/mol. The van der Waals surface area contributed by atoms with E-state index < -0.39 is 11.6 Å². The van der Waals surface area contributed by atoms with Crippen LogP contribution in [-0.2, 0) is 17.8 Å². The highest BCUT2D eigenvalue weighted by Crippen LogP contribution is 2.28. The maximum absolute atomic E-state index is 13.7. The van der Waals surface area contributed by atoms with Gasteiger partial charge in [-0.1, -0.05) is 0 Å². The molecule has 0 atom stereocenters. The number of aromatic nitrogens is 2. The first kappa shape index (κ1) is 17.5. The minimum Gasteiger partial charge on any atom is -0.394 e. The normalized spacial score (nSPS) is 15.6. The molecule has 0 saturated carbocycles. The molecule has 2 heterocycles. The average Bonchev–Trinajstić information content (AvgIpc) is 3.07. The third-order valence-electron chi connectivity index (χ3n) is 4.68. The van der Waals surface area contributed by atoms with E-state index in [0.717, 1.165) is 36.7 Å². The zero-order valence-electron chi connectivity index (χ0n) is 13.9. The molecule has 7 heteroatoms. The van der Waals surface area contributed by atoms with Gasteiger partial charge in [-0.25, -0.2) is 8.78 Å². The molecule has 1 aromatic heterocycles. The lowest BCUT2D eigenvalue weighted by molar-refractivity contribution is -0.131. The van der Waals surface area contributed by atoms with Crippen molar-refractivity contribution in [2.45, 2.75) is 31.7 Å². The van der Waals surface area contributed by atoms with Crippen molar-refractivity contribution in [2.75, 3.05) is 19.7 Å². The van der Waals surface area contributed by atoms with Crippen LogP contribution < -0.4 is 0 Å². The van der Waals surface area contributed by atoms with E-state index in [9.17, 15) is 13.6 Å². The lowest BCUT2D eigenvalue weighted by Gasteiger charge is -2.32. The fourth-order valence-electron chi connectivity index (χ4n) is 3.35. The highest BCUT2D eigenvalue weighted by Gasteiger charge is 2.26. The Labute approximate surface area is 144 Å². The monoisotopic (exact) mass is 349 g/mol. The van der Waals surface area contributed by atoms with Gasteiger partial charge in [-0.05, 0) is 37.1 Å². The summed E-state index contributed by atoms with van der Waals surface area (Å²) in [4.78, 5) is 14.1. The van der Waals surface area contributed by atoms with Gasteiger partial charge in [-0.3, -0.25) is 9.48 Å². The molecule has 1 fully saturated rings. The third kappa shape index (κ3) is 4.04. The molecule has 1 aliphatic heterocycles. The van der Waals surface area contributed by atoms with E-state index in [0.29, 0.717) is 19.6 Å². The van der Waals surface area contributed by atoms with Gasteiger partial charge in [0.25, 0.3) is 0 Å². The lowest BCUT2D eigenvalue weighted by atomic mass is 9.93. The van der Waals surface area contributed by atoms with Gasteiger partial charge in [-0.2, -0.15) is 5.10 Å². The Kier molecular flexibility index (Phi) is 5.43. The fraction of sp³-hybridized carbons (Fsp3) is 0.444. The van der Waals surface area contributed by atoms with E-state index in [2.05, 4.69) is 5.10 Å². The van der Waals surface area contributed by atoms with Gasteiger partial charge < -0.3 is 10.0 Å². The first-order chi connectivity index (χ1) is 12.1. The van der Waals surface area contributed by atoms with Crippen molar-refractivity contribution in [2.24, 2.45) is 0 Å². The number of carbonyl (C=O) groups excluding carboxylic acids is 1. The number of hydrogen-bond donors (Lipinski definition) is 1. The van der Waals surface area contributed by atoms with Gasteiger partial charge in [-0.15, -0.1) is 0 Å². The minimum atomic E-state index is -0.558. The molecule has 0 radical (unpaired) electrons. The van der Waals surface area contributed by atoms with Gasteiger partial charge in [0.2, 0.25) is 5.91 Å². The van der Waals surface area contributed by atoms with E-state index in [1.54, 1.807) is 15.8 Å². The summed E-state index contributed by atoms with van der Waals surface area (Å²) in [6.45, 7) is 1.64. The molecule has 0 spiro atoms. The van der Waals surface area contributed by atoms with Crippen molar-refractivity contribution in [1.82, 2.24) is 14.7 Å². The smallest absolute Gasteiger partial charge is 0.227 e. The van der Waals surface area contributed by atoms with Crippen LogP contribution in [0.15, 0.2) is 30.5 Å². The Morgan fingerprint density at radius 3 is 2.72 bits per heavy atom. The van der Waals surface area contributed by atoms with Crippen molar-refractivity contribution in [3.63, 3.8) is 0 Å². The van der Waals surface area contributed by atoms with Gasteiger partial charge in [0, 0.05) is 36.5 Å². The standard InChI is InChI=1S/C18H21F2N3O2/c19-15-1-2-16(20)14(11-15)12-18(25)22-7-4-13(5-8-22)17-3-6-21-23(17)9-10-24/h1-3,6,11,13,24H,4-5,7-10,12H2. The number of amides is 1. The van der Waals surface area contributed by atoms with Crippen LogP contribution in [0.1, 0.15) is 30.0 Å². The van der Waals surface area contributed by atoms with Gasteiger partial charge in [0.15, 0.2) is 0 Å². The Morgan fingerprint density at radius 1 is 1.24 bits per heavy atom. The fourth-order valence-corrected chi connectivity index (χ4v) is 3.35. The molecule has 5 nitrogen and oxygen atoms in total. The van der Waals surface area contributed by atoms with Crippen LogP contribution >= 0.6 is 0 Å². The number of carbonyl (C=O) groups is 1. The van der Waals surface area contributed by atoms with E-state index in [1.807, 2.05) is 6.07 Å². The molecule has 0 aliphatic carbocycles. The van der Waals surface area contributed by atoms with Crippen molar-refractivity contribution < 1.29 is 18.7 Å². The van der Waals surface area contributed by atoms with Gasteiger partial charge in [0.1, 0.15) is 11.6 Å². The largest absolute Gasteiger partial charge is 0.394 e. The van der Waals surface area contributed by atoms with Crippen LogP contribution in [0.3, 0.4) is 0 Å². The summed E-state index contributed by atoms with van der Waals surface area (Å²) in [5, 5.41) is 13.3. The van der Waals surface area contributed by atoms with E-state index in [1.165, 1.54) is 0 Å².